The summed E-state index contributed by atoms with van der Waals surface area (Å²) in [7, 11) is 0. The quantitative estimate of drug-likeness (QED) is 0.681. The van der Waals surface area contributed by atoms with Crippen molar-refractivity contribution in [1.29, 1.82) is 0 Å². The van der Waals surface area contributed by atoms with Crippen molar-refractivity contribution in [2.24, 2.45) is 0 Å². The number of alkyl halides is 3. The van der Waals surface area contributed by atoms with Crippen LogP contribution in [0.15, 0.2) is 18.8 Å². The summed E-state index contributed by atoms with van der Waals surface area (Å²) >= 11 is 0. The second-order valence-electron chi connectivity index (χ2n) is 3.71. The van der Waals surface area contributed by atoms with Gasteiger partial charge >= 0.3 is 6.18 Å². The SMILES string of the molecule is C=C1CO[C@H](C)c2cc(C(F)(F)F)ncc21. The van der Waals surface area contributed by atoms with Crippen LogP contribution in [0.2, 0.25) is 0 Å². The van der Waals surface area contributed by atoms with Gasteiger partial charge in [0, 0.05) is 11.8 Å². The number of halogens is 3. The molecular weight excluding hydrogens is 219 g/mol. The Labute approximate surface area is 90.8 Å². The van der Waals surface area contributed by atoms with Crippen molar-refractivity contribution in [2.45, 2.75) is 19.2 Å². The molecular formula is C11H10F3NO. The lowest BCUT2D eigenvalue weighted by atomic mass is 9.96. The van der Waals surface area contributed by atoms with E-state index in [0.29, 0.717) is 23.3 Å². The van der Waals surface area contributed by atoms with E-state index in [1.165, 1.54) is 6.20 Å². The van der Waals surface area contributed by atoms with Crippen molar-refractivity contribution >= 4 is 5.57 Å². The Bertz CT molecular complexity index is 439. The number of hydrogen-bond acceptors (Lipinski definition) is 2. The highest BCUT2D eigenvalue weighted by Gasteiger charge is 2.34. The van der Waals surface area contributed by atoms with Crippen LogP contribution in [0.3, 0.4) is 0 Å². The van der Waals surface area contributed by atoms with Gasteiger partial charge in [-0.1, -0.05) is 6.58 Å². The lowest BCUT2D eigenvalue weighted by Gasteiger charge is -2.25. The molecule has 0 spiro atoms. The van der Waals surface area contributed by atoms with E-state index < -0.39 is 11.9 Å². The highest BCUT2D eigenvalue weighted by Crippen LogP contribution is 2.35. The predicted octanol–water partition coefficient (Wildman–Crippen LogP) is 3.20. The zero-order valence-electron chi connectivity index (χ0n) is 8.64. The summed E-state index contributed by atoms with van der Waals surface area (Å²) in [6.07, 6.45) is -3.56. The number of pyridine rings is 1. The van der Waals surface area contributed by atoms with Crippen molar-refractivity contribution in [3.63, 3.8) is 0 Å². The first kappa shape index (κ1) is 11.1. The maximum absolute atomic E-state index is 12.5. The number of aromatic nitrogens is 1. The van der Waals surface area contributed by atoms with Crippen LogP contribution < -0.4 is 0 Å². The van der Waals surface area contributed by atoms with Crippen molar-refractivity contribution in [3.8, 4) is 0 Å². The Kier molecular flexibility index (Phi) is 2.50. The number of fused-ring (bicyclic) bond motifs is 1. The summed E-state index contributed by atoms with van der Waals surface area (Å²) in [6.45, 7) is 5.78. The molecule has 0 radical (unpaired) electrons. The molecule has 0 aromatic carbocycles. The summed E-state index contributed by atoms with van der Waals surface area (Å²) in [5.74, 6) is 0. The monoisotopic (exact) mass is 229 g/mol. The van der Waals surface area contributed by atoms with Gasteiger partial charge < -0.3 is 4.74 Å². The van der Waals surface area contributed by atoms with Gasteiger partial charge in [-0.2, -0.15) is 13.2 Å². The van der Waals surface area contributed by atoms with Gasteiger partial charge in [0.1, 0.15) is 5.69 Å². The van der Waals surface area contributed by atoms with Crippen LogP contribution in [-0.2, 0) is 10.9 Å². The Morgan fingerprint density at radius 1 is 1.50 bits per heavy atom. The zero-order valence-corrected chi connectivity index (χ0v) is 8.64. The van der Waals surface area contributed by atoms with Crippen molar-refractivity contribution in [3.05, 3.63) is 35.7 Å². The third-order valence-electron chi connectivity index (χ3n) is 2.55. The molecule has 0 amide bonds. The minimum absolute atomic E-state index is 0.335. The van der Waals surface area contributed by atoms with Crippen LogP contribution in [0.5, 0.6) is 0 Å². The highest BCUT2D eigenvalue weighted by atomic mass is 19.4. The van der Waals surface area contributed by atoms with Gasteiger partial charge in [0.05, 0.1) is 12.7 Å². The first-order chi connectivity index (χ1) is 7.39. The first-order valence-electron chi connectivity index (χ1n) is 4.76. The van der Waals surface area contributed by atoms with E-state index in [9.17, 15) is 13.2 Å². The van der Waals surface area contributed by atoms with Gasteiger partial charge in [-0.15, -0.1) is 0 Å². The van der Waals surface area contributed by atoms with Crippen LogP contribution in [0.1, 0.15) is 29.8 Å². The van der Waals surface area contributed by atoms with E-state index >= 15 is 0 Å². The molecule has 0 unspecified atom stereocenters. The molecule has 1 aromatic heterocycles. The normalized spacial score (nSPS) is 20.8. The Balaban J connectivity index is 2.52. The summed E-state index contributed by atoms with van der Waals surface area (Å²) in [5.41, 5.74) is 0.927. The maximum Gasteiger partial charge on any atom is 0.433 e. The lowest BCUT2D eigenvalue weighted by molar-refractivity contribution is -0.141. The van der Waals surface area contributed by atoms with E-state index in [1.807, 2.05) is 0 Å². The summed E-state index contributed by atoms with van der Waals surface area (Å²) in [6, 6.07) is 1.03. The second kappa shape index (κ2) is 3.59. The average Bonchev–Trinajstić information content (AvgIpc) is 2.22. The molecule has 1 aliphatic rings. The van der Waals surface area contributed by atoms with Crippen molar-refractivity contribution in [1.82, 2.24) is 4.98 Å². The Hall–Kier alpha value is -1.36. The number of nitrogens with zero attached hydrogens (tertiary/aromatic N) is 1. The van der Waals surface area contributed by atoms with Crippen LogP contribution in [-0.4, -0.2) is 11.6 Å². The van der Waals surface area contributed by atoms with E-state index in [2.05, 4.69) is 11.6 Å². The zero-order chi connectivity index (χ0) is 11.9. The fourth-order valence-corrected chi connectivity index (χ4v) is 1.65. The first-order valence-corrected chi connectivity index (χ1v) is 4.76. The highest BCUT2D eigenvalue weighted by molar-refractivity contribution is 5.68. The van der Waals surface area contributed by atoms with Gasteiger partial charge in [0.15, 0.2) is 0 Å². The summed E-state index contributed by atoms with van der Waals surface area (Å²) in [5, 5.41) is 0. The van der Waals surface area contributed by atoms with Gasteiger partial charge in [-0.25, -0.2) is 0 Å². The van der Waals surface area contributed by atoms with Gasteiger partial charge in [0.25, 0.3) is 0 Å². The van der Waals surface area contributed by atoms with Crippen LogP contribution in [0, 0.1) is 0 Å². The van der Waals surface area contributed by atoms with Crippen LogP contribution in [0.25, 0.3) is 5.57 Å². The molecule has 0 saturated heterocycles. The van der Waals surface area contributed by atoms with Crippen LogP contribution >= 0.6 is 0 Å². The van der Waals surface area contributed by atoms with E-state index in [0.717, 1.165) is 6.07 Å². The largest absolute Gasteiger partial charge is 0.433 e. The molecule has 86 valence electrons. The molecule has 0 saturated carbocycles. The molecule has 1 aromatic rings. The lowest BCUT2D eigenvalue weighted by Crippen LogP contribution is -2.16. The van der Waals surface area contributed by atoms with Gasteiger partial charge in [-0.3, -0.25) is 4.98 Å². The molecule has 2 nitrogen and oxygen atoms in total. The second-order valence-corrected chi connectivity index (χ2v) is 3.71. The minimum Gasteiger partial charge on any atom is -0.369 e. The molecule has 16 heavy (non-hydrogen) atoms. The minimum atomic E-state index is -4.42. The van der Waals surface area contributed by atoms with Crippen molar-refractivity contribution in [2.75, 3.05) is 6.61 Å². The molecule has 0 fully saturated rings. The van der Waals surface area contributed by atoms with E-state index in [4.69, 9.17) is 4.74 Å². The third kappa shape index (κ3) is 1.82. The molecule has 1 atom stereocenters. The van der Waals surface area contributed by atoms with Gasteiger partial charge in [-0.05, 0) is 24.1 Å². The third-order valence-corrected chi connectivity index (χ3v) is 2.55. The molecule has 2 rings (SSSR count). The molecule has 5 heteroatoms. The fourth-order valence-electron chi connectivity index (χ4n) is 1.65. The summed E-state index contributed by atoms with van der Waals surface area (Å²) < 4.78 is 42.7. The van der Waals surface area contributed by atoms with Crippen molar-refractivity contribution < 1.29 is 17.9 Å². The predicted molar refractivity (Wildman–Crippen MR) is 52.6 cm³/mol. The Morgan fingerprint density at radius 2 is 2.19 bits per heavy atom. The summed E-state index contributed by atoms with van der Waals surface area (Å²) in [4.78, 5) is 3.41. The van der Waals surface area contributed by atoms with E-state index in [1.54, 1.807) is 6.92 Å². The number of ether oxygens (including phenoxy) is 1. The molecule has 0 N–H and O–H groups in total. The topological polar surface area (TPSA) is 22.1 Å². The standard InChI is InChI=1S/C11H10F3NO/c1-6-5-16-7(2)8-3-10(11(12,13)14)15-4-9(6)8/h3-4,7H,1,5H2,2H3/t7-/m1/s1. The average molecular weight is 229 g/mol. The molecule has 0 aliphatic carbocycles. The van der Waals surface area contributed by atoms with Crippen LogP contribution in [0.4, 0.5) is 13.2 Å². The Morgan fingerprint density at radius 3 is 2.81 bits per heavy atom. The number of rotatable bonds is 0. The van der Waals surface area contributed by atoms with E-state index in [-0.39, 0.29) is 6.10 Å². The molecule has 2 heterocycles. The molecule has 1 aliphatic heterocycles. The van der Waals surface area contributed by atoms with Gasteiger partial charge in [0.2, 0.25) is 0 Å². The fraction of sp³-hybridized carbons (Fsp3) is 0.364. The molecule has 0 bridgehead atoms. The number of hydrogen-bond donors (Lipinski definition) is 0. The maximum atomic E-state index is 12.5. The smallest absolute Gasteiger partial charge is 0.369 e.